The molecule has 0 aromatic heterocycles. The number of carbonyl (C=O) groups excluding carboxylic acids is 1. The van der Waals surface area contributed by atoms with Crippen LogP contribution in [0.2, 0.25) is 6.04 Å². The third kappa shape index (κ3) is 8.62. The van der Waals surface area contributed by atoms with Crippen molar-refractivity contribution in [2.75, 3.05) is 0 Å². The highest BCUT2D eigenvalue weighted by Crippen LogP contribution is 2.27. The molecule has 13 heavy (non-hydrogen) atoms. The summed E-state index contributed by atoms with van der Waals surface area (Å²) in [7, 11) is 0. The summed E-state index contributed by atoms with van der Waals surface area (Å²) in [4.78, 5) is 10.7. The van der Waals surface area contributed by atoms with E-state index >= 15 is 0 Å². The summed E-state index contributed by atoms with van der Waals surface area (Å²) in [6, 6.07) is -2.09. The van der Waals surface area contributed by atoms with Gasteiger partial charge in [0.15, 0.2) is 0 Å². The lowest BCUT2D eigenvalue weighted by molar-refractivity contribution is -0.142. The van der Waals surface area contributed by atoms with Gasteiger partial charge in [0.25, 0.3) is 0 Å². The molecule has 0 rings (SSSR count). The van der Waals surface area contributed by atoms with Crippen molar-refractivity contribution < 1.29 is 9.53 Å². The van der Waals surface area contributed by atoms with Crippen LogP contribution in [0, 0.1) is 0 Å². The van der Waals surface area contributed by atoms with Crippen LogP contribution in [0.4, 0.5) is 0 Å². The van der Waals surface area contributed by atoms with Crippen molar-refractivity contribution in [3.63, 3.8) is 0 Å². The van der Waals surface area contributed by atoms with Crippen LogP contribution in [-0.2, 0) is 9.53 Å². The zero-order valence-electron chi connectivity index (χ0n) is 7.23. The number of carbonyl (C=O) groups is 1. The van der Waals surface area contributed by atoms with E-state index in [0.717, 1.165) is 6.08 Å². The molecular formula is C7H11Cl3O2Si. The molecule has 1 unspecified atom stereocenters. The second kappa shape index (κ2) is 5.91. The quantitative estimate of drug-likeness (QED) is 0.329. The van der Waals surface area contributed by atoms with Crippen molar-refractivity contribution in [3.05, 3.63) is 12.7 Å². The molecule has 0 aromatic rings. The maximum absolute atomic E-state index is 10.7. The molecule has 0 fully saturated rings. The number of hydrogen-bond acceptors (Lipinski definition) is 2. The Morgan fingerprint density at radius 1 is 1.62 bits per heavy atom. The molecule has 0 saturated carbocycles. The first-order valence-corrected chi connectivity index (χ1v) is 8.99. The van der Waals surface area contributed by atoms with E-state index < -0.39 is 12.0 Å². The summed E-state index contributed by atoms with van der Waals surface area (Å²) >= 11 is 17.0. The first-order valence-electron chi connectivity index (χ1n) is 3.75. The lowest BCUT2D eigenvalue weighted by Gasteiger charge is -2.13. The van der Waals surface area contributed by atoms with E-state index in [1.165, 1.54) is 0 Å². The molecule has 0 aliphatic heterocycles. The highest BCUT2D eigenvalue weighted by Gasteiger charge is 2.25. The lowest BCUT2D eigenvalue weighted by atomic mass is 10.3. The summed E-state index contributed by atoms with van der Waals surface area (Å²) in [5.74, 6) is -0.446. The van der Waals surface area contributed by atoms with Crippen LogP contribution in [0.1, 0.15) is 13.3 Å². The van der Waals surface area contributed by atoms with Crippen LogP contribution in [0.15, 0.2) is 12.7 Å². The van der Waals surface area contributed by atoms with Crippen molar-refractivity contribution in [1.82, 2.24) is 0 Å². The molecule has 0 spiro atoms. The van der Waals surface area contributed by atoms with Gasteiger partial charge < -0.3 is 4.74 Å². The maximum Gasteiger partial charge on any atom is 0.341 e. The Balaban J connectivity index is 3.69. The molecule has 0 aromatic carbocycles. The van der Waals surface area contributed by atoms with Crippen LogP contribution in [-0.4, -0.2) is 18.1 Å². The molecular weight excluding hydrogens is 251 g/mol. The predicted octanol–water partition coefficient (Wildman–Crippen LogP) is 3.15. The lowest BCUT2D eigenvalue weighted by Crippen LogP contribution is -2.17. The predicted molar refractivity (Wildman–Crippen MR) is 58.5 cm³/mol. The van der Waals surface area contributed by atoms with Gasteiger partial charge in [-0.2, -0.15) is 0 Å². The number of ether oxygens (including phenoxy) is 1. The van der Waals surface area contributed by atoms with Crippen molar-refractivity contribution in [2.24, 2.45) is 0 Å². The van der Waals surface area contributed by atoms with E-state index in [2.05, 4.69) is 6.58 Å². The van der Waals surface area contributed by atoms with E-state index in [9.17, 15) is 4.79 Å². The molecule has 6 heteroatoms. The summed E-state index contributed by atoms with van der Waals surface area (Å²) in [6.07, 6.45) is 1.46. The van der Waals surface area contributed by atoms with Crippen molar-refractivity contribution >= 4 is 45.2 Å². The van der Waals surface area contributed by atoms with Gasteiger partial charge >= 0.3 is 12.0 Å². The van der Waals surface area contributed by atoms with E-state index in [-0.39, 0.29) is 6.10 Å². The molecule has 76 valence electrons. The van der Waals surface area contributed by atoms with Crippen molar-refractivity contribution in [2.45, 2.75) is 25.5 Å². The van der Waals surface area contributed by atoms with Crippen LogP contribution >= 0.6 is 33.2 Å². The molecule has 0 amide bonds. The van der Waals surface area contributed by atoms with Gasteiger partial charge in [-0.3, -0.25) is 0 Å². The van der Waals surface area contributed by atoms with Gasteiger partial charge in [0.2, 0.25) is 0 Å². The standard InChI is InChI=1S/C7H11Cl3O2Si/c1-3-7(11)12-6(2)4-5-13(8,9)10/h3,6H,1,4-5H2,2H3. The molecule has 0 aliphatic rings. The first kappa shape index (κ1) is 13.3. The first-order chi connectivity index (χ1) is 5.85. The smallest absolute Gasteiger partial charge is 0.341 e. The number of halogens is 3. The zero-order valence-corrected chi connectivity index (χ0v) is 10.5. The largest absolute Gasteiger partial charge is 0.460 e. The van der Waals surface area contributed by atoms with Crippen LogP contribution in [0.3, 0.4) is 0 Å². The Kier molecular flexibility index (Phi) is 6.04. The van der Waals surface area contributed by atoms with Gasteiger partial charge in [0, 0.05) is 6.08 Å². The highest BCUT2D eigenvalue weighted by atomic mass is 35.8. The highest BCUT2D eigenvalue weighted by molar-refractivity contribution is 7.64. The number of hydrogen-bond donors (Lipinski definition) is 0. The Morgan fingerprint density at radius 2 is 2.15 bits per heavy atom. The number of esters is 1. The minimum atomic E-state index is -2.58. The topological polar surface area (TPSA) is 26.3 Å². The van der Waals surface area contributed by atoms with Gasteiger partial charge in [-0.15, -0.1) is 33.2 Å². The van der Waals surface area contributed by atoms with Crippen molar-refractivity contribution in [1.29, 1.82) is 0 Å². The molecule has 0 saturated heterocycles. The van der Waals surface area contributed by atoms with E-state index in [1.54, 1.807) is 6.92 Å². The van der Waals surface area contributed by atoms with Crippen LogP contribution in [0.25, 0.3) is 0 Å². The fourth-order valence-electron chi connectivity index (χ4n) is 0.672. The Hall–Kier alpha value is 0.297. The summed E-state index contributed by atoms with van der Waals surface area (Å²) in [5, 5.41) is 0. The van der Waals surface area contributed by atoms with Gasteiger partial charge in [0.05, 0.1) is 6.10 Å². The van der Waals surface area contributed by atoms with E-state index in [0.29, 0.717) is 12.5 Å². The summed E-state index contributed by atoms with van der Waals surface area (Å²) in [5.41, 5.74) is 0. The molecule has 0 heterocycles. The Bertz CT molecular complexity index is 191. The zero-order chi connectivity index (χ0) is 10.5. The molecule has 2 nitrogen and oxygen atoms in total. The van der Waals surface area contributed by atoms with Crippen LogP contribution in [0.5, 0.6) is 0 Å². The third-order valence-corrected chi connectivity index (χ3v) is 3.87. The van der Waals surface area contributed by atoms with E-state index in [4.69, 9.17) is 38.0 Å². The van der Waals surface area contributed by atoms with Crippen LogP contribution < -0.4 is 0 Å². The average Bonchev–Trinajstić information content (AvgIpc) is 1.99. The van der Waals surface area contributed by atoms with Gasteiger partial charge in [0.1, 0.15) is 0 Å². The van der Waals surface area contributed by atoms with Gasteiger partial charge in [-0.05, 0) is 19.4 Å². The second-order valence-corrected chi connectivity index (χ2v) is 11.9. The maximum atomic E-state index is 10.7. The molecule has 0 bridgehead atoms. The van der Waals surface area contributed by atoms with E-state index in [1.807, 2.05) is 0 Å². The molecule has 1 atom stereocenters. The Morgan fingerprint density at radius 3 is 2.54 bits per heavy atom. The molecule has 0 N–H and O–H groups in total. The van der Waals surface area contributed by atoms with Gasteiger partial charge in [-0.1, -0.05) is 6.58 Å². The monoisotopic (exact) mass is 260 g/mol. The number of rotatable bonds is 5. The molecule has 0 radical (unpaired) electrons. The Labute approximate surface area is 92.9 Å². The fraction of sp³-hybridized carbons (Fsp3) is 0.571. The minimum Gasteiger partial charge on any atom is -0.460 e. The normalized spacial score (nSPS) is 13.5. The van der Waals surface area contributed by atoms with Crippen molar-refractivity contribution in [3.8, 4) is 0 Å². The SMILES string of the molecule is C=CC(=O)OC(C)CC[Si](Cl)(Cl)Cl. The average molecular weight is 262 g/mol. The minimum absolute atomic E-state index is 0.228. The van der Waals surface area contributed by atoms with Gasteiger partial charge in [-0.25, -0.2) is 4.79 Å². The summed E-state index contributed by atoms with van der Waals surface area (Å²) in [6.45, 7) is 5.03. The fourth-order valence-corrected chi connectivity index (χ4v) is 2.39. The second-order valence-electron chi connectivity index (χ2n) is 2.61. The summed E-state index contributed by atoms with van der Waals surface area (Å²) < 4.78 is 4.88. The third-order valence-electron chi connectivity index (χ3n) is 1.32. The molecule has 0 aliphatic carbocycles.